The van der Waals surface area contributed by atoms with Crippen molar-refractivity contribution in [1.29, 1.82) is 0 Å². The average molecular weight is 253 g/mol. The fourth-order valence-electron chi connectivity index (χ4n) is 2.90. The molecule has 2 fully saturated rings. The summed E-state index contributed by atoms with van der Waals surface area (Å²) in [5.74, 6) is 1.66. The van der Waals surface area contributed by atoms with Gasteiger partial charge in [0, 0.05) is 19.6 Å². The molecule has 4 nitrogen and oxygen atoms in total. The normalized spacial score (nSPS) is 23.4. The Morgan fingerprint density at radius 3 is 2.33 bits per heavy atom. The lowest BCUT2D eigenvalue weighted by Crippen LogP contribution is -2.48. The summed E-state index contributed by atoms with van der Waals surface area (Å²) >= 11 is 0. The second-order valence-electron chi connectivity index (χ2n) is 6.32. The highest BCUT2D eigenvalue weighted by molar-refractivity contribution is 5.81. The molecular weight excluding hydrogens is 226 g/mol. The number of likely N-dealkylation sites (tertiary alicyclic amines) is 1. The molecule has 0 bridgehead atoms. The summed E-state index contributed by atoms with van der Waals surface area (Å²) in [7, 11) is 4.23. The monoisotopic (exact) mass is 253 g/mol. The summed E-state index contributed by atoms with van der Waals surface area (Å²) in [4.78, 5) is 16.4. The largest absolute Gasteiger partial charge is 0.341 e. The number of rotatable bonds is 5. The van der Waals surface area contributed by atoms with Crippen LogP contribution >= 0.6 is 0 Å². The predicted octanol–water partition coefficient (Wildman–Crippen LogP) is 0.914. The lowest BCUT2D eigenvalue weighted by atomic mass is 9.95. The molecule has 1 saturated heterocycles. The van der Waals surface area contributed by atoms with Gasteiger partial charge >= 0.3 is 0 Å². The van der Waals surface area contributed by atoms with Crippen molar-refractivity contribution < 1.29 is 4.79 Å². The molecule has 0 aromatic heterocycles. The Balaban J connectivity index is 1.72. The highest BCUT2D eigenvalue weighted by atomic mass is 16.2. The number of carbonyl (C=O) groups excluding carboxylic acids is 1. The van der Waals surface area contributed by atoms with E-state index in [-0.39, 0.29) is 11.9 Å². The fourth-order valence-corrected chi connectivity index (χ4v) is 2.90. The number of nitrogens with zero attached hydrogens (tertiary/aromatic N) is 2. The molecule has 1 atom stereocenters. The van der Waals surface area contributed by atoms with Gasteiger partial charge in [-0.25, -0.2) is 0 Å². The molecule has 2 N–H and O–H groups in total. The maximum Gasteiger partial charge on any atom is 0.239 e. The third-order valence-corrected chi connectivity index (χ3v) is 4.15. The van der Waals surface area contributed by atoms with Gasteiger partial charge in [0.1, 0.15) is 0 Å². The van der Waals surface area contributed by atoms with Crippen molar-refractivity contribution in [2.24, 2.45) is 17.6 Å². The molecule has 1 amide bonds. The zero-order valence-electron chi connectivity index (χ0n) is 11.8. The van der Waals surface area contributed by atoms with Crippen LogP contribution in [0.1, 0.15) is 32.1 Å². The number of amides is 1. The Kier molecular flexibility index (Phi) is 4.62. The number of hydrogen-bond donors (Lipinski definition) is 1. The first-order chi connectivity index (χ1) is 8.56. The fraction of sp³-hybridized carbons (Fsp3) is 0.929. The summed E-state index contributed by atoms with van der Waals surface area (Å²) in [6.07, 6.45) is 5.69. The van der Waals surface area contributed by atoms with Crippen molar-refractivity contribution in [2.75, 3.05) is 33.7 Å². The van der Waals surface area contributed by atoms with Gasteiger partial charge in [-0.2, -0.15) is 0 Å². The first kappa shape index (κ1) is 13.8. The van der Waals surface area contributed by atoms with Crippen LogP contribution in [0.25, 0.3) is 0 Å². The van der Waals surface area contributed by atoms with Gasteiger partial charge in [-0.05, 0) is 45.2 Å². The number of piperidine rings is 1. The van der Waals surface area contributed by atoms with Crippen LogP contribution in [0.4, 0.5) is 0 Å². The van der Waals surface area contributed by atoms with Gasteiger partial charge in [0.15, 0.2) is 0 Å². The van der Waals surface area contributed by atoms with E-state index < -0.39 is 0 Å². The first-order valence-electron chi connectivity index (χ1n) is 7.25. The zero-order valence-corrected chi connectivity index (χ0v) is 11.8. The molecule has 1 aliphatic carbocycles. The first-order valence-corrected chi connectivity index (χ1v) is 7.25. The van der Waals surface area contributed by atoms with Crippen molar-refractivity contribution in [3.05, 3.63) is 0 Å². The van der Waals surface area contributed by atoms with Crippen molar-refractivity contribution in [2.45, 2.75) is 38.1 Å². The van der Waals surface area contributed by atoms with E-state index >= 15 is 0 Å². The van der Waals surface area contributed by atoms with E-state index in [0.717, 1.165) is 50.7 Å². The SMILES string of the molecule is CN(C)CC1CCN(C(=O)C(N)CC2CC2)CC1. The Labute approximate surface area is 110 Å². The van der Waals surface area contributed by atoms with Gasteiger partial charge in [0.2, 0.25) is 5.91 Å². The third kappa shape index (κ3) is 3.95. The molecule has 1 aliphatic heterocycles. The quantitative estimate of drug-likeness (QED) is 0.792. The number of nitrogens with two attached hydrogens (primary N) is 1. The predicted molar refractivity (Wildman–Crippen MR) is 73.2 cm³/mol. The maximum atomic E-state index is 12.2. The summed E-state index contributed by atoms with van der Waals surface area (Å²) in [6, 6.07) is -0.247. The van der Waals surface area contributed by atoms with Crippen LogP contribution in [0.2, 0.25) is 0 Å². The minimum atomic E-state index is -0.247. The maximum absolute atomic E-state index is 12.2. The molecule has 1 saturated carbocycles. The van der Waals surface area contributed by atoms with Crippen molar-refractivity contribution in [1.82, 2.24) is 9.80 Å². The molecule has 0 radical (unpaired) electrons. The highest BCUT2D eigenvalue weighted by Crippen LogP contribution is 2.33. The number of carbonyl (C=O) groups is 1. The summed E-state index contributed by atoms with van der Waals surface area (Å²) < 4.78 is 0. The minimum absolute atomic E-state index is 0.185. The molecular formula is C14H27N3O. The molecule has 1 unspecified atom stereocenters. The van der Waals surface area contributed by atoms with Gasteiger partial charge in [-0.3, -0.25) is 4.79 Å². The van der Waals surface area contributed by atoms with E-state index in [1.54, 1.807) is 0 Å². The number of hydrogen-bond acceptors (Lipinski definition) is 3. The van der Waals surface area contributed by atoms with Gasteiger partial charge < -0.3 is 15.5 Å². The van der Waals surface area contributed by atoms with Crippen LogP contribution in [0.3, 0.4) is 0 Å². The van der Waals surface area contributed by atoms with Crippen LogP contribution in [-0.4, -0.2) is 55.5 Å². The van der Waals surface area contributed by atoms with Gasteiger partial charge in [-0.15, -0.1) is 0 Å². The van der Waals surface area contributed by atoms with Gasteiger partial charge in [0.05, 0.1) is 6.04 Å². The molecule has 0 spiro atoms. The molecule has 2 rings (SSSR count). The molecule has 0 aromatic carbocycles. The second-order valence-corrected chi connectivity index (χ2v) is 6.32. The molecule has 4 heteroatoms. The average Bonchev–Trinajstić information content (AvgIpc) is 3.12. The topological polar surface area (TPSA) is 49.6 Å². The molecule has 18 heavy (non-hydrogen) atoms. The Morgan fingerprint density at radius 1 is 1.22 bits per heavy atom. The van der Waals surface area contributed by atoms with E-state index in [2.05, 4.69) is 19.0 Å². The molecule has 2 aliphatic rings. The minimum Gasteiger partial charge on any atom is -0.341 e. The van der Waals surface area contributed by atoms with E-state index in [1.807, 2.05) is 4.90 Å². The van der Waals surface area contributed by atoms with E-state index in [1.165, 1.54) is 12.8 Å². The van der Waals surface area contributed by atoms with Crippen LogP contribution in [0.5, 0.6) is 0 Å². The van der Waals surface area contributed by atoms with Crippen molar-refractivity contribution in [3.8, 4) is 0 Å². The Bertz CT molecular complexity index is 281. The van der Waals surface area contributed by atoms with Crippen LogP contribution in [0, 0.1) is 11.8 Å². The zero-order chi connectivity index (χ0) is 13.1. The lowest BCUT2D eigenvalue weighted by Gasteiger charge is -2.34. The highest BCUT2D eigenvalue weighted by Gasteiger charge is 2.31. The van der Waals surface area contributed by atoms with Crippen molar-refractivity contribution >= 4 is 5.91 Å². The third-order valence-electron chi connectivity index (χ3n) is 4.15. The molecule has 1 heterocycles. The Hall–Kier alpha value is -0.610. The van der Waals surface area contributed by atoms with Crippen LogP contribution in [-0.2, 0) is 4.79 Å². The Morgan fingerprint density at radius 2 is 1.83 bits per heavy atom. The molecule has 104 valence electrons. The molecule has 0 aromatic rings. The second kappa shape index (κ2) is 6.02. The van der Waals surface area contributed by atoms with E-state index in [0.29, 0.717) is 0 Å². The van der Waals surface area contributed by atoms with Gasteiger partial charge in [0.25, 0.3) is 0 Å². The summed E-state index contributed by atoms with van der Waals surface area (Å²) in [5, 5.41) is 0. The summed E-state index contributed by atoms with van der Waals surface area (Å²) in [6.45, 7) is 2.93. The van der Waals surface area contributed by atoms with Gasteiger partial charge in [-0.1, -0.05) is 12.8 Å². The van der Waals surface area contributed by atoms with Crippen LogP contribution in [0.15, 0.2) is 0 Å². The smallest absolute Gasteiger partial charge is 0.239 e. The van der Waals surface area contributed by atoms with E-state index in [4.69, 9.17) is 5.73 Å². The van der Waals surface area contributed by atoms with Crippen LogP contribution < -0.4 is 5.73 Å². The van der Waals surface area contributed by atoms with Crippen molar-refractivity contribution in [3.63, 3.8) is 0 Å². The van der Waals surface area contributed by atoms with E-state index in [9.17, 15) is 4.79 Å². The lowest BCUT2D eigenvalue weighted by molar-refractivity contribution is -0.134. The standard InChI is InChI=1S/C14H27N3O/c1-16(2)10-12-5-7-17(8-6-12)14(18)13(15)9-11-3-4-11/h11-13H,3-10,15H2,1-2H3. The summed E-state index contributed by atoms with van der Waals surface area (Å²) in [5.41, 5.74) is 6.00.